The number of fused-ring (bicyclic) bond motifs is 1. The normalized spacial score (nSPS) is 19.8. The second-order valence-corrected chi connectivity index (χ2v) is 6.02. The number of carboxylic acids is 1. The lowest BCUT2D eigenvalue weighted by molar-refractivity contribution is -0.147. The Morgan fingerprint density at radius 1 is 1.20 bits per heavy atom. The number of hydrogen-bond acceptors (Lipinski definition) is 6. The molecule has 2 aromatic rings. The van der Waals surface area contributed by atoms with Crippen LogP contribution in [-0.4, -0.2) is 41.4 Å². The van der Waals surface area contributed by atoms with E-state index in [4.69, 9.17) is 14.2 Å². The largest absolute Gasteiger partial charge is 0.481 e. The van der Waals surface area contributed by atoms with Gasteiger partial charge in [-0.1, -0.05) is 31.2 Å². The minimum absolute atomic E-state index is 0.0832. The van der Waals surface area contributed by atoms with E-state index in [1.54, 1.807) is 0 Å². The van der Waals surface area contributed by atoms with E-state index < -0.39 is 12.1 Å². The van der Waals surface area contributed by atoms with Crippen LogP contribution in [0, 0.1) is 5.92 Å². The molecule has 0 radical (unpaired) electrons. The molecule has 0 fully saturated rings. The summed E-state index contributed by atoms with van der Waals surface area (Å²) in [5, 5.41) is 9.75. The molecular formula is C18H20N2O5. The van der Waals surface area contributed by atoms with Crippen LogP contribution in [0.5, 0.6) is 17.8 Å². The first-order valence-electron chi connectivity index (χ1n) is 7.97. The lowest BCUT2D eigenvalue weighted by Gasteiger charge is -2.24. The van der Waals surface area contributed by atoms with Gasteiger partial charge in [0.2, 0.25) is 17.9 Å². The fraction of sp³-hybridized carbons (Fsp3) is 0.389. The number of rotatable bonds is 6. The van der Waals surface area contributed by atoms with Gasteiger partial charge in [-0.25, -0.2) is 4.79 Å². The van der Waals surface area contributed by atoms with Gasteiger partial charge in [-0.05, 0) is 23.5 Å². The molecule has 7 heteroatoms. The monoisotopic (exact) mass is 344 g/mol. The lowest BCUT2D eigenvalue weighted by atomic mass is 9.88. The molecule has 0 amide bonds. The average Bonchev–Trinajstić information content (AvgIpc) is 2.94. The third kappa shape index (κ3) is 3.35. The van der Waals surface area contributed by atoms with Gasteiger partial charge in [-0.15, -0.1) is 0 Å². The minimum Gasteiger partial charge on any atom is -0.481 e. The van der Waals surface area contributed by atoms with Crippen LogP contribution >= 0.6 is 0 Å². The fourth-order valence-corrected chi connectivity index (χ4v) is 3.32. The fourth-order valence-electron chi connectivity index (χ4n) is 3.32. The Hall–Kier alpha value is -2.83. The smallest absolute Gasteiger partial charge is 0.345 e. The highest BCUT2D eigenvalue weighted by Crippen LogP contribution is 2.41. The van der Waals surface area contributed by atoms with Crippen LogP contribution in [0.1, 0.15) is 24.0 Å². The van der Waals surface area contributed by atoms with E-state index >= 15 is 0 Å². The summed E-state index contributed by atoms with van der Waals surface area (Å²) >= 11 is 0. The van der Waals surface area contributed by atoms with Crippen LogP contribution in [0.3, 0.4) is 0 Å². The summed E-state index contributed by atoms with van der Waals surface area (Å²) in [6, 6.07) is 9.26. The Kier molecular flexibility index (Phi) is 4.74. The second kappa shape index (κ2) is 6.96. The first kappa shape index (κ1) is 17.0. The van der Waals surface area contributed by atoms with Crippen molar-refractivity contribution in [1.29, 1.82) is 0 Å². The van der Waals surface area contributed by atoms with Crippen LogP contribution < -0.4 is 14.2 Å². The first-order valence-corrected chi connectivity index (χ1v) is 7.97. The third-order valence-corrected chi connectivity index (χ3v) is 4.45. The van der Waals surface area contributed by atoms with E-state index in [-0.39, 0.29) is 29.6 Å². The van der Waals surface area contributed by atoms with Crippen molar-refractivity contribution in [2.24, 2.45) is 5.92 Å². The van der Waals surface area contributed by atoms with E-state index in [9.17, 15) is 9.90 Å². The molecule has 1 aromatic carbocycles. The third-order valence-electron chi connectivity index (χ3n) is 4.45. The quantitative estimate of drug-likeness (QED) is 0.860. The van der Waals surface area contributed by atoms with Gasteiger partial charge in [0, 0.05) is 5.92 Å². The van der Waals surface area contributed by atoms with Gasteiger partial charge in [0.15, 0.2) is 0 Å². The molecule has 1 aliphatic carbocycles. The van der Waals surface area contributed by atoms with Gasteiger partial charge in [-0.2, -0.15) is 9.97 Å². The zero-order valence-corrected chi connectivity index (χ0v) is 14.3. The molecule has 7 nitrogen and oxygen atoms in total. The topological polar surface area (TPSA) is 90.8 Å². The Balaban J connectivity index is 1.94. The van der Waals surface area contributed by atoms with Crippen molar-refractivity contribution < 1.29 is 24.1 Å². The summed E-state index contributed by atoms with van der Waals surface area (Å²) in [5.74, 6) is -0.726. The standard InChI is InChI=1S/C18H20N2O5/c1-10-8-11-6-4-5-7-12(11)15(10)16(17(21)22)25-18-19-13(23-2)9-14(20-18)24-3/h4-7,9-10,15-16H,8H2,1-3H3,(H,21,22). The van der Waals surface area contributed by atoms with Crippen molar-refractivity contribution >= 4 is 5.97 Å². The van der Waals surface area contributed by atoms with Gasteiger partial charge >= 0.3 is 12.0 Å². The molecule has 3 atom stereocenters. The number of nitrogens with zero attached hydrogens (tertiary/aromatic N) is 2. The summed E-state index contributed by atoms with van der Waals surface area (Å²) in [5.41, 5.74) is 2.15. The predicted molar refractivity (Wildman–Crippen MR) is 89.2 cm³/mol. The summed E-state index contributed by atoms with van der Waals surface area (Å²) in [4.78, 5) is 20.1. The molecule has 0 saturated heterocycles. The van der Waals surface area contributed by atoms with E-state index in [1.165, 1.54) is 20.3 Å². The summed E-state index contributed by atoms with van der Waals surface area (Å²) < 4.78 is 15.9. The van der Waals surface area contributed by atoms with Crippen LogP contribution in [-0.2, 0) is 11.2 Å². The average molecular weight is 344 g/mol. The van der Waals surface area contributed by atoms with Crippen LogP contribution in [0.4, 0.5) is 0 Å². The molecule has 1 N–H and O–H groups in total. The Labute approximate surface area is 145 Å². The van der Waals surface area contributed by atoms with Crippen molar-refractivity contribution in [2.45, 2.75) is 25.4 Å². The maximum atomic E-state index is 11.9. The SMILES string of the molecule is COc1cc(OC)nc(OC(C(=O)O)C2c3ccccc3CC2C)n1. The number of carbonyl (C=O) groups is 1. The number of aromatic nitrogens is 2. The van der Waals surface area contributed by atoms with E-state index in [0.717, 1.165) is 17.5 Å². The highest BCUT2D eigenvalue weighted by molar-refractivity contribution is 5.74. The van der Waals surface area contributed by atoms with Crippen LogP contribution in [0.25, 0.3) is 0 Å². The van der Waals surface area contributed by atoms with Gasteiger partial charge in [0.1, 0.15) is 0 Å². The number of carboxylic acid groups (broad SMARTS) is 1. The summed E-state index contributed by atoms with van der Waals surface area (Å²) in [7, 11) is 2.91. The Morgan fingerprint density at radius 2 is 1.84 bits per heavy atom. The molecule has 3 rings (SSSR count). The number of methoxy groups -OCH3 is 2. The van der Waals surface area contributed by atoms with E-state index in [1.807, 2.05) is 31.2 Å². The van der Waals surface area contributed by atoms with Crippen molar-refractivity contribution in [1.82, 2.24) is 9.97 Å². The molecule has 132 valence electrons. The predicted octanol–water partition coefficient (Wildman–Crippen LogP) is 2.30. The molecule has 1 heterocycles. The molecule has 0 saturated carbocycles. The lowest BCUT2D eigenvalue weighted by Crippen LogP contribution is -2.36. The summed E-state index contributed by atoms with van der Waals surface area (Å²) in [6.07, 6.45) is -0.286. The first-order chi connectivity index (χ1) is 12.0. The summed E-state index contributed by atoms with van der Waals surface area (Å²) in [6.45, 7) is 2.02. The van der Waals surface area contributed by atoms with Crippen LogP contribution in [0.2, 0.25) is 0 Å². The highest BCUT2D eigenvalue weighted by atomic mass is 16.5. The highest BCUT2D eigenvalue weighted by Gasteiger charge is 2.41. The van der Waals surface area contributed by atoms with E-state index in [0.29, 0.717) is 0 Å². The van der Waals surface area contributed by atoms with Crippen molar-refractivity contribution in [3.63, 3.8) is 0 Å². The Morgan fingerprint density at radius 3 is 2.44 bits per heavy atom. The zero-order chi connectivity index (χ0) is 18.0. The Bertz CT molecular complexity index is 758. The van der Waals surface area contributed by atoms with Crippen molar-refractivity contribution in [3.8, 4) is 17.8 Å². The molecule has 3 unspecified atom stereocenters. The molecular weight excluding hydrogens is 324 g/mol. The van der Waals surface area contributed by atoms with Crippen molar-refractivity contribution in [3.05, 3.63) is 41.5 Å². The number of benzene rings is 1. The van der Waals surface area contributed by atoms with Gasteiger partial charge < -0.3 is 19.3 Å². The van der Waals surface area contributed by atoms with Crippen LogP contribution in [0.15, 0.2) is 30.3 Å². The molecule has 1 aromatic heterocycles. The zero-order valence-electron chi connectivity index (χ0n) is 14.3. The molecule has 0 spiro atoms. The van der Waals surface area contributed by atoms with E-state index in [2.05, 4.69) is 9.97 Å². The maximum absolute atomic E-state index is 11.9. The van der Waals surface area contributed by atoms with Gasteiger partial charge in [0.25, 0.3) is 0 Å². The molecule has 0 aliphatic heterocycles. The minimum atomic E-state index is -1.10. The molecule has 25 heavy (non-hydrogen) atoms. The number of aliphatic carboxylic acids is 1. The molecule has 1 aliphatic rings. The van der Waals surface area contributed by atoms with Gasteiger partial charge in [-0.3, -0.25) is 0 Å². The van der Waals surface area contributed by atoms with Crippen molar-refractivity contribution in [2.75, 3.05) is 14.2 Å². The maximum Gasteiger partial charge on any atom is 0.345 e. The van der Waals surface area contributed by atoms with Gasteiger partial charge in [0.05, 0.1) is 20.3 Å². The number of hydrogen-bond donors (Lipinski definition) is 1. The molecule has 0 bridgehead atoms. The number of ether oxygens (including phenoxy) is 3. The second-order valence-electron chi connectivity index (χ2n) is 6.02.